The molecule has 1 heterocycles. The standard InChI is InChI=1S/C12H12F3NO2S/c13-12(14,15)4-5-16-11(18)9-7-10(19-8-9)3-1-2-6-17/h7-8,17H,2,4-6H2,(H,16,18). The van der Waals surface area contributed by atoms with Crippen molar-refractivity contribution in [1.29, 1.82) is 0 Å². The molecule has 0 aliphatic carbocycles. The van der Waals surface area contributed by atoms with Gasteiger partial charge in [-0.25, -0.2) is 0 Å². The topological polar surface area (TPSA) is 49.3 Å². The Morgan fingerprint density at radius 3 is 2.84 bits per heavy atom. The monoisotopic (exact) mass is 291 g/mol. The van der Waals surface area contributed by atoms with Gasteiger partial charge in [0.15, 0.2) is 0 Å². The zero-order valence-corrected chi connectivity index (χ0v) is 10.7. The number of carbonyl (C=O) groups excluding carboxylic acids is 1. The number of hydrogen-bond donors (Lipinski definition) is 2. The predicted molar refractivity (Wildman–Crippen MR) is 65.9 cm³/mol. The lowest BCUT2D eigenvalue weighted by molar-refractivity contribution is -0.132. The summed E-state index contributed by atoms with van der Waals surface area (Å²) in [6.07, 6.45) is -4.99. The predicted octanol–water partition coefficient (Wildman–Crippen LogP) is 2.16. The van der Waals surface area contributed by atoms with Crippen LogP contribution in [0.5, 0.6) is 0 Å². The maximum atomic E-state index is 11.9. The van der Waals surface area contributed by atoms with Crippen LogP contribution in [-0.2, 0) is 0 Å². The summed E-state index contributed by atoms with van der Waals surface area (Å²) in [7, 11) is 0. The zero-order valence-electron chi connectivity index (χ0n) is 9.88. The highest BCUT2D eigenvalue weighted by Crippen LogP contribution is 2.18. The lowest BCUT2D eigenvalue weighted by Gasteiger charge is -2.06. The van der Waals surface area contributed by atoms with Crippen molar-refractivity contribution < 1.29 is 23.1 Å². The van der Waals surface area contributed by atoms with E-state index in [1.165, 1.54) is 22.8 Å². The Morgan fingerprint density at radius 2 is 2.21 bits per heavy atom. The molecule has 0 saturated carbocycles. The molecule has 0 aromatic carbocycles. The third-order valence-corrected chi connectivity index (χ3v) is 2.85. The highest BCUT2D eigenvalue weighted by molar-refractivity contribution is 7.10. The molecule has 0 radical (unpaired) electrons. The van der Waals surface area contributed by atoms with Crippen molar-refractivity contribution in [3.05, 3.63) is 21.9 Å². The maximum Gasteiger partial charge on any atom is 0.390 e. The molecule has 0 spiro atoms. The second-order valence-electron chi connectivity index (χ2n) is 3.60. The summed E-state index contributed by atoms with van der Waals surface area (Å²) in [5.41, 5.74) is 0.292. The molecule has 1 rings (SSSR count). The number of aliphatic hydroxyl groups is 1. The average Bonchev–Trinajstić information content (AvgIpc) is 2.76. The van der Waals surface area contributed by atoms with Crippen molar-refractivity contribution in [1.82, 2.24) is 5.32 Å². The van der Waals surface area contributed by atoms with E-state index in [4.69, 9.17) is 5.11 Å². The van der Waals surface area contributed by atoms with Crippen LogP contribution in [0.25, 0.3) is 0 Å². The van der Waals surface area contributed by atoms with Gasteiger partial charge in [0, 0.05) is 18.3 Å². The van der Waals surface area contributed by atoms with Gasteiger partial charge >= 0.3 is 6.18 Å². The van der Waals surface area contributed by atoms with E-state index < -0.39 is 25.0 Å². The van der Waals surface area contributed by atoms with Crippen LogP contribution in [0.4, 0.5) is 13.2 Å². The van der Waals surface area contributed by atoms with Crippen LogP contribution in [0.2, 0.25) is 0 Å². The number of carbonyl (C=O) groups is 1. The number of thiophene rings is 1. The van der Waals surface area contributed by atoms with E-state index in [1.807, 2.05) is 0 Å². The molecule has 1 aromatic rings. The van der Waals surface area contributed by atoms with Crippen molar-refractivity contribution in [2.75, 3.05) is 13.2 Å². The second kappa shape index (κ2) is 7.16. The van der Waals surface area contributed by atoms with Crippen LogP contribution < -0.4 is 5.32 Å². The van der Waals surface area contributed by atoms with Crippen LogP contribution in [0, 0.1) is 11.8 Å². The van der Waals surface area contributed by atoms with Crippen LogP contribution in [0.1, 0.15) is 28.1 Å². The Bertz CT molecular complexity index is 485. The van der Waals surface area contributed by atoms with Crippen LogP contribution in [-0.4, -0.2) is 30.3 Å². The minimum Gasteiger partial charge on any atom is -0.395 e. The Balaban J connectivity index is 2.48. The summed E-state index contributed by atoms with van der Waals surface area (Å²) in [4.78, 5) is 12.1. The smallest absolute Gasteiger partial charge is 0.390 e. The SMILES string of the molecule is O=C(NCCC(F)(F)F)c1csc(C#CCCO)c1. The lowest BCUT2D eigenvalue weighted by atomic mass is 10.3. The van der Waals surface area contributed by atoms with Crippen LogP contribution >= 0.6 is 11.3 Å². The summed E-state index contributed by atoms with van der Waals surface area (Å²) in [6, 6.07) is 1.51. The van der Waals surface area contributed by atoms with Gasteiger partial charge in [0.25, 0.3) is 5.91 Å². The molecule has 0 atom stereocenters. The number of halogens is 3. The van der Waals surface area contributed by atoms with Gasteiger partial charge in [-0.15, -0.1) is 11.3 Å². The molecule has 0 unspecified atom stereocenters. The first-order valence-corrected chi connectivity index (χ1v) is 6.33. The Kier molecular flexibility index (Phi) is 5.86. The van der Waals surface area contributed by atoms with E-state index in [9.17, 15) is 18.0 Å². The van der Waals surface area contributed by atoms with Crippen molar-refractivity contribution in [3.8, 4) is 11.8 Å². The van der Waals surface area contributed by atoms with Crippen molar-refractivity contribution in [2.24, 2.45) is 0 Å². The van der Waals surface area contributed by atoms with Crippen molar-refractivity contribution in [2.45, 2.75) is 19.0 Å². The first-order chi connectivity index (χ1) is 8.92. The number of hydrogen-bond acceptors (Lipinski definition) is 3. The first-order valence-electron chi connectivity index (χ1n) is 5.45. The molecule has 0 aliphatic heterocycles. The molecule has 1 aromatic heterocycles. The fourth-order valence-corrected chi connectivity index (χ4v) is 1.90. The maximum absolute atomic E-state index is 11.9. The third-order valence-electron chi connectivity index (χ3n) is 2.00. The molecular weight excluding hydrogens is 279 g/mol. The van der Waals surface area contributed by atoms with Gasteiger partial charge in [-0.1, -0.05) is 11.8 Å². The second-order valence-corrected chi connectivity index (χ2v) is 4.51. The fourth-order valence-electron chi connectivity index (χ4n) is 1.15. The van der Waals surface area contributed by atoms with Gasteiger partial charge in [0.2, 0.25) is 0 Å². The number of aliphatic hydroxyl groups excluding tert-OH is 1. The largest absolute Gasteiger partial charge is 0.395 e. The quantitative estimate of drug-likeness (QED) is 0.835. The van der Waals surface area contributed by atoms with Gasteiger partial charge < -0.3 is 10.4 Å². The fraction of sp³-hybridized carbons (Fsp3) is 0.417. The van der Waals surface area contributed by atoms with Gasteiger partial charge in [-0.05, 0) is 6.07 Å². The van der Waals surface area contributed by atoms with E-state index in [0.717, 1.165) is 0 Å². The number of alkyl halides is 3. The van der Waals surface area contributed by atoms with Gasteiger partial charge in [0.1, 0.15) is 0 Å². The molecule has 7 heteroatoms. The average molecular weight is 291 g/mol. The highest BCUT2D eigenvalue weighted by atomic mass is 32.1. The number of rotatable bonds is 4. The molecule has 104 valence electrons. The van der Waals surface area contributed by atoms with Crippen LogP contribution in [0.3, 0.4) is 0 Å². The third kappa shape index (κ3) is 6.27. The summed E-state index contributed by atoms with van der Waals surface area (Å²) >= 11 is 1.23. The summed E-state index contributed by atoms with van der Waals surface area (Å²) < 4.78 is 35.7. The highest BCUT2D eigenvalue weighted by Gasteiger charge is 2.26. The molecule has 1 amide bonds. The molecule has 0 aliphatic rings. The minimum atomic E-state index is -4.27. The van der Waals surface area contributed by atoms with Crippen LogP contribution in [0.15, 0.2) is 11.4 Å². The lowest BCUT2D eigenvalue weighted by Crippen LogP contribution is -2.27. The van der Waals surface area contributed by atoms with E-state index in [1.54, 1.807) is 0 Å². The van der Waals surface area contributed by atoms with E-state index in [0.29, 0.717) is 16.9 Å². The van der Waals surface area contributed by atoms with E-state index in [2.05, 4.69) is 17.2 Å². The Morgan fingerprint density at radius 1 is 1.47 bits per heavy atom. The molecule has 0 saturated heterocycles. The number of amides is 1. The summed E-state index contributed by atoms with van der Waals surface area (Å²) in [6.45, 7) is -0.479. The van der Waals surface area contributed by atoms with Crippen molar-refractivity contribution in [3.63, 3.8) is 0 Å². The molecule has 3 nitrogen and oxygen atoms in total. The summed E-state index contributed by atoms with van der Waals surface area (Å²) in [5, 5.41) is 12.3. The normalized spacial score (nSPS) is 10.7. The molecule has 19 heavy (non-hydrogen) atoms. The van der Waals surface area contributed by atoms with E-state index in [-0.39, 0.29) is 6.61 Å². The molecular formula is C12H12F3NO2S. The Labute approximate surface area is 112 Å². The molecule has 2 N–H and O–H groups in total. The van der Waals surface area contributed by atoms with Gasteiger partial charge in [-0.2, -0.15) is 13.2 Å². The van der Waals surface area contributed by atoms with Gasteiger partial charge in [0.05, 0.1) is 23.5 Å². The van der Waals surface area contributed by atoms with Crippen molar-refractivity contribution >= 4 is 17.2 Å². The van der Waals surface area contributed by atoms with Gasteiger partial charge in [-0.3, -0.25) is 4.79 Å². The summed E-state index contributed by atoms with van der Waals surface area (Å²) in [5.74, 6) is 4.90. The first kappa shape index (κ1) is 15.5. The molecule has 0 fully saturated rings. The molecule has 0 bridgehead atoms. The number of nitrogens with one attached hydrogen (secondary N) is 1. The van der Waals surface area contributed by atoms with E-state index >= 15 is 0 Å². The Hall–Kier alpha value is -1.52. The zero-order chi connectivity index (χ0) is 14.3. The minimum absolute atomic E-state index is 0.0385.